The lowest BCUT2D eigenvalue weighted by atomic mass is 10.1. The molecule has 1 aromatic heterocycles. The standard InChI is InChI=1S/C22H32N4O3S/c1-5-26(6-2)30(28,29)20-15-21(23(4)17-20)22(27)25-12-10-24(11-13-25)16-19-9-7-8-18(3)14-19/h7-9,14-15,17H,5-6,10-13,16H2,1-4H3. The van der Waals surface area contributed by atoms with E-state index in [-0.39, 0.29) is 10.8 Å². The molecule has 3 rings (SSSR count). The molecule has 1 saturated heterocycles. The Hall–Kier alpha value is -2.16. The van der Waals surface area contributed by atoms with E-state index in [1.807, 2.05) is 18.7 Å². The maximum absolute atomic E-state index is 13.1. The summed E-state index contributed by atoms with van der Waals surface area (Å²) in [6, 6.07) is 10.00. The minimum absolute atomic E-state index is 0.117. The number of aromatic nitrogens is 1. The molecular weight excluding hydrogens is 400 g/mol. The molecule has 164 valence electrons. The van der Waals surface area contributed by atoms with E-state index in [1.165, 1.54) is 27.7 Å². The third kappa shape index (κ3) is 4.77. The lowest BCUT2D eigenvalue weighted by molar-refractivity contribution is 0.0619. The number of nitrogens with zero attached hydrogens (tertiary/aromatic N) is 4. The highest BCUT2D eigenvalue weighted by atomic mass is 32.2. The molecule has 0 unspecified atom stereocenters. The van der Waals surface area contributed by atoms with Crippen LogP contribution in [0.15, 0.2) is 41.4 Å². The zero-order valence-electron chi connectivity index (χ0n) is 18.3. The second-order valence-corrected chi connectivity index (χ2v) is 9.76. The van der Waals surface area contributed by atoms with Gasteiger partial charge in [-0.15, -0.1) is 0 Å². The summed E-state index contributed by atoms with van der Waals surface area (Å²) < 4.78 is 28.6. The lowest BCUT2D eigenvalue weighted by Gasteiger charge is -2.34. The third-order valence-corrected chi connectivity index (χ3v) is 7.71. The number of hydrogen-bond acceptors (Lipinski definition) is 4. The maximum atomic E-state index is 13.1. The van der Waals surface area contributed by atoms with Crippen LogP contribution in [0.25, 0.3) is 0 Å². The molecule has 0 radical (unpaired) electrons. The van der Waals surface area contributed by atoms with Crippen LogP contribution in [0.5, 0.6) is 0 Å². The van der Waals surface area contributed by atoms with E-state index >= 15 is 0 Å². The monoisotopic (exact) mass is 432 g/mol. The number of rotatable bonds is 7. The predicted molar refractivity (Wildman–Crippen MR) is 118 cm³/mol. The van der Waals surface area contributed by atoms with E-state index < -0.39 is 10.0 Å². The van der Waals surface area contributed by atoms with Gasteiger partial charge < -0.3 is 9.47 Å². The van der Waals surface area contributed by atoms with Gasteiger partial charge in [-0.25, -0.2) is 8.42 Å². The van der Waals surface area contributed by atoms with Crippen molar-refractivity contribution in [3.63, 3.8) is 0 Å². The lowest BCUT2D eigenvalue weighted by Crippen LogP contribution is -2.48. The Bertz CT molecular complexity index is 988. The minimum atomic E-state index is -3.58. The first-order valence-corrected chi connectivity index (χ1v) is 11.9. The summed E-state index contributed by atoms with van der Waals surface area (Å²) in [6.45, 7) is 10.3. The fraction of sp³-hybridized carbons (Fsp3) is 0.500. The molecule has 8 heteroatoms. The first-order chi connectivity index (χ1) is 14.3. The summed E-state index contributed by atoms with van der Waals surface area (Å²) in [5.74, 6) is -0.117. The molecule has 2 aromatic rings. The zero-order chi connectivity index (χ0) is 21.9. The number of hydrogen-bond donors (Lipinski definition) is 0. The molecule has 1 aromatic carbocycles. The van der Waals surface area contributed by atoms with E-state index in [2.05, 4.69) is 36.1 Å². The Morgan fingerprint density at radius 1 is 1.07 bits per heavy atom. The summed E-state index contributed by atoms with van der Waals surface area (Å²) >= 11 is 0. The number of benzene rings is 1. The van der Waals surface area contributed by atoms with Crippen molar-refractivity contribution in [3.05, 3.63) is 53.3 Å². The van der Waals surface area contributed by atoms with Crippen molar-refractivity contribution in [2.45, 2.75) is 32.2 Å². The fourth-order valence-electron chi connectivity index (χ4n) is 3.94. The molecule has 0 spiro atoms. The Kier molecular flexibility index (Phi) is 7.00. The Labute approximate surface area is 179 Å². The normalized spacial score (nSPS) is 15.7. The average Bonchev–Trinajstić information content (AvgIpc) is 3.11. The van der Waals surface area contributed by atoms with Crippen LogP contribution in [0.3, 0.4) is 0 Å². The van der Waals surface area contributed by atoms with Crippen molar-refractivity contribution in [1.29, 1.82) is 0 Å². The smallest absolute Gasteiger partial charge is 0.270 e. The molecule has 1 fully saturated rings. The molecule has 0 bridgehead atoms. The zero-order valence-corrected chi connectivity index (χ0v) is 19.2. The number of sulfonamides is 1. The topological polar surface area (TPSA) is 65.9 Å². The van der Waals surface area contributed by atoms with Crippen molar-refractivity contribution in [2.75, 3.05) is 39.3 Å². The van der Waals surface area contributed by atoms with Crippen molar-refractivity contribution < 1.29 is 13.2 Å². The van der Waals surface area contributed by atoms with Gasteiger partial charge in [-0.1, -0.05) is 43.7 Å². The number of piperazine rings is 1. The van der Waals surface area contributed by atoms with Crippen molar-refractivity contribution in [3.8, 4) is 0 Å². The van der Waals surface area contributed by atoms with E-state index in [0.717, 1.165) is 19.6 Å². The SMILES string of the molecule is CCN(CC)S(=O)(=O)c1cc(C(=O)N2CCN(Cc3cccc(C)c3)CC2)n(C)c1. The molecule has 0 aliphatic carbocycles. The molecule has 1 aliphatic heterocycles. The first kappa shape index (κ1) is 22.5. The van der Waals surface area contributed by atoms with Crippen molar-refractivity contribution in [1.82, 2.24) is 18.7 Å². The number of carbonyl (C=O) groups is 1. The second-order valence-electron chi connectivity index (χ2n) is 7.82. The van der Waals surface area contributed by atoms with Gasteiger partial charge in [0.05, 0.1) is 0 Å². The molecule has 1 amide bonds. The highest BCUT2D eigenvalue weighted by molar-refractivity contribution is 7.89. The van der Waals surface area contributed by atoms with Gasteiger partial charge in [-0.2, -0.15) is 4.31 Å². The van der Waals surface area contributed by atoms with Gasteiger partial charge in [0.2, 0.25) is 10.0 Å². The molecule has 1 aliphatic rings. The van der Waals surface area contributed by atoms with Crippen molar-refractivity contribution >= 4 is 15.9 Å². The maximum Gasteiger partial charge on any atom is 0.270 e. The number of aryl methyl sites for hydroxylation is 2. The molecule has 0 N–H and O–H groups in total. The highest BCUT2D eigenvalue weighted by Crippen LogP contribution is 2.20. The quantitative estimate of drug-likeness (QED) is 0.674. The number of carbonyl (C=O) groups excluding carboxylic acids is 1. The van der Waals surface area contributed by atoms with Crippen LogP contribution >= 0.6 is 0 Å². The summed E-state index contributed by atoms with van der Waals surface area (Å²) in [5.41, 5.74) is 2.94. The van der Waals surface area contributed by atoms with Crippen LogP contribution < -0.4 is 0 Å². The van der Waals surface area contributed by atoms with Crippen LogP contribution in [0, 0.1) is 6.92 Å². The molecule has 0 saturated carbocycles. The van der Waals surface area contributed by atoms with Gasteiger partial charge in [-0.05, 0) is 18.6 Å². The van der Waals surface area contributed by atoms with Gasteiger partial charge in [0.1, 0.15) is 10.6 Å². The van der Waals surface area contributed by atoms with E-state index in [4.69, 9.17) is 0 Å². The van der Waals surface area contributed by atoms with Crippen LogP contribution in [0.1, 0.15) is 35.5 Å². The van der Waals surface area contributed by atoms with Gasteiger partial charge >= 0.3 is 0 Å². The van der Waals surface area contributed by atoms with Crippen molar-refractivity contribution in [2.24, 2.45) is 7.05 Å². The van der Waals surface area contributed by atoms with Crippen LogP contribution in [0.2, 0.25) is 0 Å². The van der Waals surface area contributed by atoms with Crippen LogP contribution in [-0.2, 0) is 23.6 Å². The molecule has 30 heavy (non-hydrogen) atoms. The summed E-state index contributed by atoms with van der Waals surface area (Å²) in [7, 11) is -1.86. The molecular formula is C22H32N4O3S. The van der Waals surface area contributed by atoms with Gasteiger partial charge in [0.15, 0.2) is 0 Å². The Morgan fingerprint density at radius 2 is 1.73 bits per heavy atom. The summed E-state index contributed by atoms with van der Waals surface area (Å²) in [4.78, 5) is 17.4. The largest absolute Gasteiger partial charge is 0.345 e. The van der Waals surface area contributed by atoms with Gasteiger partial charge in [-0.3, -0.25) is 9.69 Å². The molecule has 7 nitrogen and oxygen atoms in total. The fourth-order valence-corrected chi connectivity index (χ4v) is 5.47. The Morgan fingerprint density at radius 3 is 2.33 bits per heavy atom. The van der Waals surface area contributed by atoms with E-state index in [0.29, 0.717) is 31.9 Å². The molecule has 2 heterocycles. The third-order valence-electron chi connectivity index (χ3n) is 5.69. The van der Waals surface area contributed by atoms with E-state index in [9.17, 15) is 13.2 Å². The predicted octanol–water partition coefficient (Wildman–Crippen LogP) is 2.32. The van der Waals surface area contributed by atoms with Gasteiger partial charge in [0.25, 0.3) is 5.91 Å². The van der Waals surface area contributed by atoms with Gasteiger partial charge in [0, 0.05) is 59.1 Å². The molecule has 0 atom stereocenters. The highest BCUT2D eigenvalue weighted by Gasteiger charge is 2.28. The summed E-state index contributed by atoms with van der Waals surface area (Å²) in [6.07, 6.45) is 1.54. The minimum Gasteiger partial charge on any atom is -0.345 e. The van der Waals surface area contributed by atoms with Crippen LogP contribution in [0.4, 0.5) is 0 Å². The van der Waals surface area contributed by atoms with E-state index in [1.54, 1.807) is 11.6 Å². The Balaban J connectivity index is 1.66. The summed E-state index contributed by atoms with van der Waals surface area (Å²) in [5, 5.41) is 0. The average molecular weight is 433 g/mol. The number of amides is 1. The van der Waals surface area contributed by atoms with Crippen LogP contribution in [-0.4, -0.2) is 72.3 Å². The second kappa shape index (κ2) is 9.32. The first-order valence-electron chi connectivity index (χ1n) is 10.5.